The standard InChI is InChI=1S/C9H11.3CH3O.Ti/c1-2-5-9-7-3-6-8(9)4-1;3*1-2;/h3,6-7H,1-2,4-5H2;3*1H3;/q;3*-1;+3. The molecule has 0 aromatic heterocycles. The number of hydrogen-bond donors (Lipinski definition) is 0. The third-order valence-electron chi connectivity index (χ3n) is 3.65. The summed E-state index contributed by atoms with van der Waals surface area (Å²) in [7, 11) is 5.13. The van der Waals surface area contributed by atoms with E-state index in [2.05, 4.69) is 12.2 Å². The van der Waals surface area contributed by atoms with E-state index in [1.54, 1.807) is 21.3 Å². The zero-order chi connectivity index (χ0) is 11.6. The quantitative estimate of drug-likeness (QED) is 0.727. The maximum absolute atomic E-state index is 5.63. The van der Waals surface area contributed by atoms with Gasteiger partial charge in [0.25, 0.3) is 0 Å². The van der Waals surface area contributed by atoms with Crippen LogP contribution in [0.4, 0.5) is 0 Å². The summed E-state index contributed by atoms with van der Waals surface area (Å²) in [5.74, 6) is 0. The number of allylic oxidation sites excluding steroid dienone is 4. The van der Waals surface area contributed by atoms with Crippen LogP contribution in [0.25, 0.3) is 0 Å². The van der Waals surface area contributed by atoms with Gasteiger partial charge in [-0.25, -0.2) is 0 Å². The van der Waals surface area contributed by atoms with Crippen LogP contribution in [0.15, 0.2) is 23.3 Å². The Morgan fingerprint density at radius 1 is 1.06 bits per heavy atom. The molecular formula is C12H20O3Ti. The second kappa shape index (κ2) is 5.15. The summed E-state index contributed by atoms with van der Waals surface area (Å²) in [6, 6.07) is 0. The molecule has 0 heterocycles. The average molecular weight is 260 g/mol. The zero-order valence-electron chi connectivity index (χ0n) is 10.3. The van der Waals surface area contributed by atoms with Crippen LogP contribution in [0.5, 0.6) is 0 Å². The van der Waals surface area contributed by atoms with Crippen molar-refractivity contribution in [3.05, 3.63) is 23.3 Å². The van der Waals surface area contributed by atoms with Crippen LogP contribution in [0, 0.1) is 0 Å². The van der Waals surface area contributed by atoms with Gasteiger partial charge in [-0.2, -0.15) is 0 Å². The van der Waals surface area contributed by atoms with E-state index in [1.807, 2.05) is 0 Å². The molecule has 90 valence electrons. The first-order valence-electron chi connectivity index (χ1n) is 5.83. The van der Waals surface area contributed by atoms with E-state index in [9.17, 15) is 0 Å². The molecule has 2 aliphatic carbocycles. The Kier molecular flexibility index (Phi) is 4.03. The molecule has 16 heavy (non-hydrogen) atoms. The molecule has 0 saturated carbocycles. The third kappa shape index (κ3) is 1.96. The van der Waals surface area contributed by atoms with Crippen molar-refractivity contribution in [2.75, 3.05) is 21.3 Å². The van der Waals surface area contributed by atoms with E-state index in [-0.39, 0.29) is 4.22 Å². The van der Waals surface area contributed by atoms with Gasteiger partial charge in [-0.15, -0.1) is 0 Å². The fourth-order valence-corrected chi connectivity index (χ4v) is 6.46. The normalized spacial score (nSPS) is 25.1. The summed E-state index contributed by atoms with van der Waals surface area (Å²) >= 11 is -3.09. The van der Waals surface area contributed by atoms with Crippen LogP contribution in [-0.2, 0) is 27.7 Å². The van der Waals surface area contributed by atoms with E-state index in [0.717, 1.165) is 0 Å². The van der Waals surface area contributed by atoms with Gasteiger partial charge >= 0.3 is 102 Å². The topological polar surface area (TPSA) is 27.7 Å². The fraction of sp³-hybridized carbons (Fsp3) is 0.667. The SMILES string of the molecule is C[O][Ti]([O]C)([O]C)[CH]1C=CC2=C1CCCC2. The van der Waals surface area contributed by atoms with Crippen molar-refractivity contribution in [3.8, 4) is 0 Å². The molecular weight excluding hydrogens is 240 g/mol. The molecule has 0 radical (unpaired) electrons. The van der Waals surface area contributed by atoms with Crippen LogP contribution in [0.3, 0.4) is 0 Å². The van der Waals surface area contributed by atoms with Gasteiger partial charge < -0.3 is 0 Å². The van der Waals surface area contributed by atoms with E-state index >= 15 is 0 Å². The first-order valence-corrected chi connectivity index (χ1v) is 8.64. The molecule has 0 aliphatic heterocycles. The number of rotatable bonds is 4. The van der Waals surface area contributed by atoms with E-state index < -0.39 is 17.8 Å². The van der Waals surface area contributed by atoms with Gasteiger partial charge in [0.15, 0.2) is 0 Å². The van der Waals surface area contributed by atoms with Gasteiger partial charge in [0, 0.05) is 0 Å². The molecule has 1 unspecified atom stereocenters. The second-order valence-electron chi connectivity index (χ2n) is 4.31. The summed E-state index contributed by atoms with van der Waals surface area (Å²) < 4.78 is 17.2. The Labute approximate surface area is 102 Å². The molecule has 0 amide bonds. The van der Waals surface area contributed by atoms with Crippen molar-refractivity contribution >= 4 is 0 Å². The van der Waals surface area contributed by atoms with Crippen molar-refractivity contribution in [2.24, 2.45) is 0 Å². The molecule has 0 bridgehead atoms. The molecule has 2 rings (SSSR count). The second-order valence-corrected chi connectivity index (χ2v) is 9.08. The Hall–Kier alpha value is 0.0743. The first kappa shape index (κ1) is 12.5. The van der Waals surface area contributed by atoms with Crippen LogP contribution in [0.2, 0.25) is 4.22 Å². The Balaban J connectivity index is 2.28. The van der Waals surface area contributed by atoms with Gasteiger partial charge in [0.2, 0.25) is 0 Å². The zero-order valence-corrected chi connectivity index (χ0v) is 11.8. The molecule has 0 fully saturated rings. The Morgan fingerprint density at radius 2 is 1.69 bits per heavy atom. The summed E-state index contributed by atoms with van der Waals surface area (Å²) in [5.41, 5.74) is 3.01. The van der Waals surface area contributed by atoms with E-state index in [0.29, 0.717) is 0 Å². The molecule has 0 spiro atoms. The monoisotopic (exact) mass is 260 g/mol. The van der Waals surface area contributed by atoms with Crippen LogP contribution in [0.1, 0.15) is 25.7 Å². The van der Waals surface area contributed by atoms with Crippen molar-refractivity contribution in [3.63, 3.8) is 0 Å². The van der Waals surface area contributed by atoms with Crippen LogP contribution < -0.4 is 0 Å². The summed E-state index contributed by atoms with van der Waals surface area (Å²) in [4.78, 5) is 0. The molecule has 1 atom stereocenters. The van der Waals surface area contributed by atoms with Gasteiger partial charge in [0.05, 0.1) is 0 Å². The molecule has 0 aromatic rings. The van der Waals surface area contributed by atoms with Gasteiger partial charge in [-0.1, -0.05) is 0 Å². The molecule has 3 nitrogen and oxygen atoms in total. The predicted molar refractivity (Wildman–Crippen MR) is 59.4 cm³/mol. The fourth-order valence-electron chi connectivity index (χ4n) is 2.79. The van der Waals surface area contributed by atoms with Crippen molar-refractivity contribution < 1.29 is 27.7 Å². The van der Waals surface area contributed by atoms with Crippen molar-refractivity contribution in [2.45, 2.75) is 29.9 Å². The van der Waals surface area contributed by atoms with Crippen molar-refractivity contribution in [1.82, 2.24) is 0 Å². The predicted octanol–water partition coefficient (Wildman–Crippen LogP) is 3.05. The van der Waals surface area contributed by atoms with Crippen LogP contribution >= 0.6 is 0 Å². The van der Waals surface area contributed by atoms with E-state index in [1.165, 1.54) is 36.8 Å². The minimum absolute atomic E-state index is 0.287. The summed E-state index contributed by atoms with van der Waals surface area (Å²) in [6.45, 7) is 0. The summed E-state index contributed by atoms with van der Waals surface area (Å²) in [6.07, 6.45) is 9.45. The molecule has 0 N–H and O–H groups in total. The molecule has 0 saturated heterocycles. The van der Waals surface area contributed by atoms with Gasteiger partial charge in [-0.3, -0.25) is 0 Å². The average Bonchev–Trinajstić information content (AvgIpc) is 2.77. The van der Waals surface area contributed by atoms with Gasteiger partial charge in [0.1, 0.15) is 0 Å². The third-order valence-corrected chi connectivity index (χ3v) is 8.35. The minimum atomic E-state index is -3.09. The Bertz CT molecular complexity index is 310. The molecule has 0 aromatic carbocycles. The van der Waals surface area contributed by atoms with Crippen molar-refractivity contribution in [1.29, 1.82) is 0 Å². The number of hydrogen-bond acceptors (Lipinski definition) is 3. The van der Waals surface area contributed by atoms with E-state index in [4.69, 9.17) is 9.96 Å². The molecule has 2 aliphatic rings. The van der Waals surface area contributed by atoms with Gasteiger partial charge in [-0.05, 0) is 0 Å². The summed E-state index contributed by atoms with van der Waals surface area (Å²) in [5, 5.41) is 0. The van der Waals surface area contributed by atoms with Crippen LogP contribution in [-0.4, -0.2) is 21.3 Å². The molecule has 4 heteroatoms. The first-order chi connectivity index (χ1) is 7.77. The Morgan fingerprint density at radius 3 is 2.31 bits per heavy atom. The maximum atomic E-state index is 5.63.